The van der Waals surface area contributed by atoms with Gasteiger partial charge in [-0.1, -0.05) is 6.07 Å². The van der Waals surface area contributed by atoms with E-state index in [9.17, 15) is 4.79 Å². The van der Waals surface area contributed by atoms with Crippen LogP contribution in [0.3, 0.4) is 0 Å². The van der Waals surface area contributed by atoms with Gasteiger partial charge in [0.25, 0.3) is 0 Å². The normalized spacial score (nSPS) is 10.2. The monoisotopic (exact) mass is 230 g/mol. The van der Waals surface area contributed by atoms with Crippen molar-refractivity contribution in [2.24, 2.45) is 0 Å². The summed E-state index contributed by atoms with van der Waals surface area (Å²) in [4.78, 5) is 22.8. The molecule has 0 amide bonds. The van der Waals surface area contributed by atoms with Crippen molar-refractivity contribution in [3.63, 3.8) is 0 Å². The summed E-state index contributed by atoms with van der Waals surface area (Å²) in [7, 11) is 0. The molecule has 2 rings (SSSR count). The summed E-state index contributed by atoms with van der Waals surface area (Å²) >= 11 is 0. The molecule has 0 fully saturated rings. The van der Waals surface area contributed by atoms with E-state index in [0.717, 1.165) is 5.56 Å². The van der Waals surface area contributed by atoms with Gasteiger partial charge >= 0.3 is 5.97 Å². The van der Waals surface area contributed by atoms with Crippen LogP contribution in [-0.2, 0) is 0 Å². The number of carboxylic acid groups (broad SMARTS) is 1. The largest absolute Gasteiger partial charge is 0.476 e. The summed E-state index contributed by atoms with van der Waals surface area (Å²) in [5.74, 6) is -1.31. The molecule has 0 bridgehead atoms. The van der Waals surface area contributed by atoms with Crippen LogP contribution < -0.4 is 5.73 Å². The van der Waals surface area contributed by atoms with Crippen LogP contribution in [0.2, 0.25) is 0 Å². The van der Waals surface area contributed by atoms with Gasteiger partial charge < -0.3 is 10.8 Å². The van der Waals surface area contributed by atoms with Gasteiger partial charge in [-0.05, 0) is 18.6 Å². The predicted molar refractivity (Wildman–Crippen MR) is 61.4 cm³/mol. The van der Waals surface area contributed by atoms with E-state index in [2.05, 4.69) is 15.0 Å². The molecule has 3 N–H and O–H groups in total. The summed E-state index contributed by atoms with van der Waals surface area (Å²) < 4.78 is 0. The van der Waals surface area contributed by atoms with Gasteiger partial charge in [-0.25, -0.2) is 14.8 Å². The first-order chi connectivity index (χ1) is 8.09. The number of aromatic carboxylic acids is 1. The molecule has 0 unspecified atom stereocenters. The average Bonchev–Trinajstić information content (AvgIpc) is 2.30. The van der Waals surface area contributed by atoms with E-state index < -0.39 is 5.97 Å². The average molecular weight is 230 g/mol. The molecule has 0 spiro atoms. The zero-order chi connectivity index (χ0) is 12.4. The first-order valence-electron chi connectivity index (χ1n) is 4.87. The quantitative estimate of drug-likeness (QED) is 0.801. The van der Waals surface area contributed by atoms with Crippen LogP contribution >= 0.6 is 0 Å². The third-order valence-electron chi connectivity index (χ3n) is 2.26. The number of aromatic nitrogens is 3. The molecule has 2 heterocycles. The minimum Gasteiger partial charge on any atom is -0.476 e. The minimum atomic E-state index is -1.20. The summed E-state index contributed by atoms with van der Waals surface area (Å²) in [6.07, 6.45) is 3.03. The molecular weight excluding hydrogens is 220 g/mol. The van der Waals surface area contributed by atoms with Gasteiger partial charge in [-0.2, -0.15) is 0 Å². The van der Waals surface area contributed by atoms with E-state index in [1.54, 1.807) is 12.3 Å². The highest BCUT2D eigenvalue weighted by atomic mass is 16.4. The lowest BCUT2D eigenvalue weighted by Gasteiger charge is -2.05. The molecule has 0 aliphatic rings. The maximum Gasteiger partial charge on any atom is 0.358 e. The highest BCUT2D eigenvalue weighted by Crippen LogP contribution is 2.19. The highest BCUT2D eigenvalue weighted by molar-refractivity contribution is 5.90. The number of hydrogen-bond donors (Lipinski definition) is 2. The van der Waals surface area contributed by atoms with Crippen molar-refractivity contribution in [3.05, 3.63) is 35.8 Å². The Bertz CT molecular complexity index is 583. The van der Waals surface area contributed by atoms with E-state index >= 15 is 0 Å². The SMILES string of the molecule is Cc1cccnc1-c1cnc(N)c(C(=O)O)n1. The number of aryl methyl sites for hydroxylation is 1. The first-order valence-corrected chi connectivity index (χ1v) is 4.87. The Morgan fingerprint density at radius 2 is 2.18 bits per heavy atom. The smallest absolute Gasteiger partial charge is 0.358 e. The third kappa shape index (κ3) is 2.05. The standard InChI is InChI=1S/C11H10N4O2/c1-6-3-2-4-13-8(6)7-5-14-10(12)9(15-7)11(16)17/h2-5H,1H3,(H2,12,14)(H,16,17). The van der Waals surface area contributed by atoms with Gasteiger partial charge in [0, 0.05) is 6.20 Å². The second-order valence-electron chi connectivity index (χ2n) is 3.46. The Morgan fingerprint density at radius 3 is 2.82 bits per heavy atom. The molecule has 2 aromatic rings. The van der Waals surface area contributed by atoms with Gasteiger partial charge in [0.2, 0.25) is 0 Å². The molecule has 0 atom stereocenters. The number of nitrogens with zero attached hydrogens (tertiary/aromatic N) is 3. The fourth-order valence-electron chi connectivity index (χ4n) is 1.42. The fraction of sp³-hybridized carbons (Fsp3) is 0.0909. The second-order valence-corrected chi connectivity index (χ2v) is 3.46. The van der Waals surface area contributed by atoms with Gasteiger partial charge in [0.05, 0.1) is 11.9 Å². The third-order valence-corrected chi connectivity index (χ3v) is 2.26. The molecule has 86 valence electrons. The molecule has 6 heteroatoms. The lowest BCUT2D eigenvalue weighted by molar-refractivity contribution is 0.0691. The number of nitrogen functional groups attached to an aromatic ring is 1. The van der Waals surface area contributed by atoms with Crippen LogP contribution in [0.1, 0.15) is 16.1 Å². The summed E-state index contributed by atoms with van der Waals surface area (Å²) in [6.45, 7) is 1.86. The maximum atomic E-state index is 10.9. The number of carboxylic acids is 1. The Balaban J connectivity index is 2.58. The van der Waals surface area contributed by atoms with Crippen molar-refractivity contribution in [3.8, 4) is 11.4 Å². The Hall–Kier alpha value is -2.50. The maximum absolute atomic E-state index is 10.9. The number of hydrogen-bond acceptors (Lipinski definition) is 5. The zero-order valence-corrected chi connectivity index (χ0v) is 9.08. The van der Waals surface area contributed by atoms with Crippen LogP contribution in [0.4, 0.5) is 5.82 Å². The van der Waals surface area contributed by atoms with Gasteiger partial charge in [0.1, 0.15) is 5.69 Å². The number of anilines is 1. The van der Waals surface area contributed by atoms with Gasteiger partial charge in [-0.3, -0.25) is 4.98 Å². The van der Waals surface area contributed by atoms with Crippen molar-refractivity contribution in [1.82, 2.24) is 15.0 Å². The van der Waals surface area contributed by atoms with Gasteiger partial charge in [0.15, 0.2) is 11.5 Å². The van der Waals surface area contributed by atoms with Crippen LogP contribution in [0, 0.1) is 6.92 Å². The number of rotatable bonds is 2. The molecule has 0 saturated carbocycles. The van der Waals surface area contributed by atoms with E-state index in [0.29, 0.717) is 11.4 Å². The second kappa shape index (κ2) is 4.17. The fourth-order valence-corrected chi connectivity index (χ4v) is 1.42. The summed E-state index contributed by atoms with van der Waals surface area (Å²) in [6, 6.07) is 3.66. The number of nitrogens with two attached hydrogens (primary N) is 1. The lowest BCUT2D eigenvalue weighted by Crippen LogP contribution is -2.08. The molecule has 0 radical (unpaired) electrons. The molecule has 0 aromatic carbocycles. The molecule has 0 aliphatic carbocycles. The molecule has 17 heavy (non-hydrogen) atoms. The van der Waals surface area contributed by atoms with Crippen molar-refractivity contribution >= 4 is 11.8 Å². The van der Waals surface area contributed by atoms with Crippen LogP contribution in [0.25, 0.3) is 11.4 Å². The molecule has 2 aromatic heterocycles. The van der Waals surface area contributed by atoms with Gasteiger partial charge in [-0.15, -0.1) is 0 Å². The van der Waals surface area contributed by atoms with Crippen molar-refractivity contribution < 1.29 is 9.90 Å². The zero-order valence-electron chi connectivity index (χ0n) is 9.08. The topological polar surface area (TPSA) is 102 Å². The Labute approximate surface area is 97.2 Å². The Kier molecular flexibility index (Phi) is 2.70. The lowest BCUT2D eigenvalue weighted by atomic mass is 10.2. The van der Waals surface area contributed by atoms with E-state index in [1.807, 2.05) is 13.0 Å². The first kappa shape index (κ1) is 11.0. The molecule has 0 aliphatic heterocycles. The van der Waals surface area contributed by atoms with Crippen LogP contribution in [-0.4, -0.2) is 26.0 Å². The highest BCUT2D eigenvalue weighted by Gasteiger charge is 2.14. The van der Waals surface area contributed by atoms with E-state index in [4.69, 9.17) is 10.8 Å². The van der Waals surface area contributed by atoms with Crippen molar-refractivity contribution in [2.75, 3.05) is 5.73 Å². The van der Waals surface area contributed by atoms with Crippen molar-refractivity contribution in [2.45, 2.75) is 6.92 Å². The number of carbonyl (C=O) groups is 1. The predicted octanol–water partition coefficient (Wildman–Crippen LogP) is 1.13. The van der Waals surface area contributed by atoms with E-state index in [1.165, 1.54) is 6.20 Å². The van der Waals surface area contributed by atoms with Crippen LogP contribution in [0.15, 0.2) is 24.5 Å². The Morgan fingerprint density at radius 1 is 1.41 bits per heavy atom. The van der Waals surface area contributed by atoms with E-state index in [-0.39, 0.29) is 11.5 Å². The molecular formula is C11H10N4O2. The summed E-state index contributed by atoms with van der Waals surface area (Å²) in [5.41, 5.74) is 7.06. The van der Waals surface area contributed by atoms with Crippen molar-refractivity contribution in [1.29, 1.82) is 0 Å². The van der Waals surface area contributed by atoms with Crippen LogP contribution in [0.5, 0.6) is 0 Å². The number of pyridine rings is 1. The molecule has 6 nitrogen and oxygen atoms in total. The molecule has 0 saturated heterocycles. The summed E-state index contributed by atoms with van der Waals surface area (Å²) in [5, 5.41) is 8.90. The minimum absolute atomic E-state index is 0.102.